The average molecular weight is 1620 g/mol. The molecule has 117 heavy (non-hydrogen) atoms. The van der Waals surface area contributed by atoms with E-state index in [0.29, 0.717) is 81.9 Å². The molecule has 0 radical (unpaired) electrons. The molecule has 0 saturated carbocycles. The number of nitrogens with one attached hydrogen (secondary N) is 1. The van der Waals surface area contributed by atoms with Gasteiger partial charge < -0.3 is 47.9 Å². The van der Waals surface area contributed by atoms with Crippen LogP contribution in [0.4, 0.5) is 0 Å². The predicted octanol–water partition coefficient (Wildman–Crippen LogP) is 12.0. The highest BCUT2D eigenvalue weighted by Crippen LogP contribution is 2.51. The molecule has 1 aliphatic heterocycles. The first-order valence-electron chi connectivity index (χ1n) is 39.5. The molecule has 0 spiro atoms. The monoisotopic (exact) mass is 1620 g/mol. The van der Waals surface area contributed by atoms with Crippen molar-refractivity contribution in [3.63, 3.8) is 0 Å². The number of hydrogen-bond acceptors (Lipinski definition) is 23. The lowest BCUT2D eigenvalue weighted by atomic mass is 9.93. The van der Waals surface area contributed by atoms with Crippen LogP contribution in [0.3, 0.4) is 0 Å². The zero-order chi connectivity index (χ0) is 82.7. The normalized spacial score (nSPS) is 14.4. The number of amides is 1. The van der Waals surface area contributed by atoms with Crippen LogP contribution in [0.1, 0.15) is 106 Å². The highest BCUT2D eigenvalue weighted by atomic mass is 31.2. The number of hydrogen-bond donors (Lipinski definition) is 2. The highest BCUT2D eigenvalue weighted by molar-refractivity contribution is 7.53. The van der Waals surface area contributed by atoms with Gasteiger partial charge in [-0.2, -0.15) is 0 Å². The minimum Gasteiger partial charge on any atom is -0.480 e. The Morgan fingerprint density at radius 1 is 0.359 bits per heavy atom. The largest absolute Gasteiger partial charge is 0.480 e. The van der Waals surface area contributed by atoms with Gasteiger partial charge in [0.05, 0.1) is 57.4 Å². The van der Waals surface area contributed by atoms with Crippen LogP contribution in [0.15, 0.2) is 237 Å². The quantitative estimate of drug-likeness (QED) is 0.0155. The van der Waals surface area contributed by atoms with Crippen LogP contribution in [0.25, 0.3) is 0 Å². The summed E-state index contributed by atoms with van der Waals surface area (Å²) in [5.41, 5.74) is 6.33. The van der Waals surface area contributed by atoms with E-state index in [0.717, 1.165) is 27.8 Å². The molecule has 8 aromatic carbocycles. The number of carboxylic acid groups (broad SMARTS) is 1. The number of ketones is 2. The molecule has 0 bridgehead atoms. The van der Waals surface area contributed by atoms with Crippen LogP contribution in [-0.2, 0) is 138 Å². The van der Waals surface area contributed by atoms with Gasteiger partial charge in [0.15, 0.2) is 5.78 Å². The molecule has 1 aliphatic rings. The molecule has 25 nitrogen and oxygen atoms in total. The van der Waals surface area contributed by atoms with E-state index in [-0.39, 0.29) is 116 Å². The van der Waals surface area contributed by atoms with E-state index in [2.05, 4.69) is 5.32 Å². The second-order valence-electron chi connectivity index (χ2n) is 28.7. The van der Waals surface area contributed by atoms with Gasteiger partial charge in [0.25, 0.3) is 0 Å². The third-order valence-electron chi connectivity index (χ3n) is 19.6. The van der Waals surface area contributed by atoms with Crippen molar-refractivity contribution in [3.8, 4) is 0 Å². The summed E-state index contributed by atoms with van der Waals surface area (Å²) in [7, 11) is -4.38. The van der Waals surface area contributed by atoms with E-state index in [9.17, 15) is 57.6 Å². The summed E-state index contributed by atoms with van der Waals surface area (Å²) in [6, 6.07) is 68.8. The first-order valence-corrected chi connectivity index (χ1v) is 41.2. The molecule has 0 aromatic heterocycles. The number of esters is 6. The van der Waals surface area contributed by atoms with Gasteiger partial charge in [-0.3, -0.25) is 67.3 Å². The highest BCUT2D eigenvalue weighted by Gasteiger charge is 2.36. The first kappa shape index (κ1) is 89.8. The Bertz CT molecular complexity index is 4370. The van der Waals surface area contributed by atoms with Crippen molar-refractivity contribution in [3.05, 3.63) is 287 Å². The molecule has 4 unspecified atom stereocenters. The van der Waals surface area contributed by atoms with Gasteiger partial charge in [0.1, 0.15) is 51.5 Å². The fourth-order valence-electron chi connectivity index (χ4n) is 12.8. The predicted molar refractivity (Wildman–Crippen MR) is 436 cm³/mol. The number of nitrogens with zero attached hydrogens (tertiary/aromatic N) is 4. The van der Waals surface area contributed by atoms with Crippen LogP contribution < -0.4 is 5.32 Å². The van der Waals surface area contributed by atoms with Crippen molar-refractivity contribution in [2.24, 2.45) is 11.8 Å². The smallest absolute Gasteiger partial charge is 0.331 e. The summed E-state index contributed by atoms with van der Waals surface area (Å²) < 4.78 is 60.9. The summed E-state index contributed by atoms with van der Waals surface area (Å²) in [6.07, 6.45) is -1.29. The minimum atomic E-state index is -4.38. The lowest BCUT2D eigenvalue weighted by Crippen LogP contribution is -2.49. The van der Waals surface area contributed by atoms with Crippen molar-refractivity contribution in [2.45, 2.75) is 110 Å². The number of carboxylic acids is 1. The third-order valence-corrected chi connectivity index (χ3v) is 21.5. The summed E-state index contributed by atoms with van der Waals surface area (Å²) >= 11 is 0. The Morgan fingerprint density at radius 3 is 1.09 bits per heavy atom. The van der Waals surface area contributed by atoms with Crippen molar-refractivity contribution in [1.82, 2.24) is 24.9 Å². The van der Waals surface area contributed by atoms with Crippen LogP contribution in [-0.4, -0.2) is 181 Å². The Hall–Kier alpha value is -11.2. The van der Waals surface area contributed by atoms with Crippen molar-refractivity contribution >= 4 is 66.9 Å². The molecule has 26 heteroatoms. The minimum absolute atomic E-state index is 0.0160. The molecular formula is C91H104N5O20P. The molecular weight excluding hydrogens is 1510 g/mol. The van der Waals surface area contributed by atoms with Gasteiger partial charge in [-0.15, -0.1) is 0 Å². The Kier molecular flexibility index (Phi) is 38.1. The van der Waals surface area contributed by atoms with Crippen molar-refractivity contribution in [2.75, 3.05) is 91.3 Å². The van der Waals surface area contributed by atoms with Gasteiger partial charge >= 0.3 is 49.4 Å². The fourth-order valence-corrected chi connectivity index (χ4v) is 14.7. The number of benzene rings is 8. The maximum absolute atomic E-state index is 14.9. The van der Waals surface area contributed by atoms with E-state index in [1.54, 1.807) is 140 Å². The van der Waals surface area contributed by atoms with Crippen LogP contribution in [0, 0.1) is 11.8 Å². The van der Waals surface area contributed by atoms with E-state index >= 15 is 0 Å². The number of aliphatic carboxylic acids is 1. The lowest BCUT2D eigenvalue weighted by molar-refractivity contribution is -0.151. The molecule has 0 aliphatic carbocycles. The average Bonchev–Trinajstić information content (AvgIpc) is 0.851. The molecule has 1 heterocycles. The summed E-state index contributed by atoms with van der Waals surface area (Å²) in [5, 5.41) is 12.9. The second kappa shape index (κ2) is 49.7. The van der Waals surface area contributed by atoms with Gasteiger partial charge in [-0.05, 0) is 70.2 Å². The van der Waals surface area contributed by atoms with E-state index in [1.807, 2.05) is 117 Å². The van der Waals surface area contributed by atoms with Crippen LogP contribution in [0.2, 0.25) is 0 Å². The van der Waals surface area contributed by atoms with Crippen LogP contribution >= 0.6 is 7.60 Å². The standard InChI is InChI=1S/C91H104N5O20P/c97-81(58-93-48-50-94(59-86(101)110-63-72-25-10-2-11-26-72)52-54-96(61-88(103)112-65-74-29-14-4-15-30-74)55-53-95(51-49-93)60-87(102)111-64-73-27-12-3-13-28-73)38-22-37-70-39-41-78(42-40-70)83(98)57-79(90(106)113-66-75-31-16-5-17-32-75)43-45-84(99)92-82(89(104)105)47-56-115-117(108,116-68-77-35-20-7-21-36-77)69-80(91(107)114-67-76-33-18-6-19-34-76)44-46-85(100)109-62-71-23-8-1-9-24-71/h1-21,23-36,39-42,79-80,82H,22,37-38,43-69H2,(H,92,99)(H,104,105). The van der Waals surface area contributed by atoms with Crippen molar-refractivity contribution < 1.29 is 95.1 Å². The Labute approximate surface area is 683 Å². The molecule has 1 saturated heterocycles. The molecule has 8 aromatic rings. The number of aryl methyl sites for hydroxylation is 1. The maximum atomic E-state index is 14.9. The van der Waals surface area contributed by atoms with Crippen molar-refractivity contribution in [1.29, 1.82) is 0 Å². The summed E-state index contributed by atoms with van der Waals surface area (Å²) in [5.74, 6) is -8.56. The summed E-state index contributed by atoms with van der Waals surface area (Å²) in [6.45, 7) is 2.11. The number of carbonyl (C=O) groups is 10. The summed E-state index contributed by atoms with van der Waals surface area (Å²) in [4.78, 5) is 144. The van der Waals surface area contributed by atoms with E-state index in [1.165, 1.54) is 0 Å². The van der Waals surface area contributed by atoms with Gasteiger partial charge in [0.2, 0.25) is 5.91 Å². The zero-order valence-electron chi connectivity index (χ0n) is 65.9. The lowest BCUT2D eigenvalue weighted by Gasteiger charge is -2.33. The van der Waals surface area contributed by atoms with E-state index in [4.69, 9.17) is 37.5 Å². The number of Topliss-reactive ketones (excluding diaryl/α,β-unsaturated/α-hetero) is 2. The fraction of sp³-hybridized carbons (Fsp3) is 0.363. The molecule has 4 atom stereocenters. The number of carbonyl (C=O) groups excluding carboxylic acids is 9. The SMILES string of the molecule is O=C(CCCc1ccc(C(=O)CC(CCC(=O)NC(CCOP(=O)(CC(CCC(=O)OCc2ccccc2)C(=O)OCc2ccccc2)OCc2ccccc2)C(=O)O)C(=O)OCc2ccccc2)cc1)CN1CCN(CC(=O)OCc2ccccc2)CCN(CC(=O)OCc2ccccc2)CCN(CC(=O)OCc2ccccc2)CC1. The maximum Gasteiger partial charge on any atom is 0.331 e. The second-order valence-corrected chi connectivity index (χ2v) is 30.8. The Morgan fingerprint density at radius 2 is 0.701 bits per heavy atom. The zero-order valence-corrected chi connectivity index (χ0v) is 66.8. The topological polar surface area (TPSA) is 307 Å². The van der Waals surface area contributed by atoms with E-state index < -0.39 is 105 Å². The van der Waals surface area contributed by atoms with Gasteiger partial charge in [-0.25, -0.2) is 4.79 Å². The Balaban J connectivity index is 0.804. The molecule has 1 fully saturated rings. The number of ether oxygens (including phenoxy) is 6. The van der Waals surface area contributed by atoms with Gasteiger partial charge in [0, 0.05) is 90.0 Å². The number of rotatable bonds is 46. The molecule has 618 valence electrons. The third kappa shape index (κ3) is 34.7. The van der Waals surface area contributed by atoms with Crippen LogP contribution in [0.5, 0.6) is 0 Å². The molecule has 9 rings (SSSR count). The first-order chi connectivity index (χ1) is 56.8. The molecule has 2 N–H and O–H groups in total. The molecule has 1 amide bonds. The van der Waals surface area contributed by atoms with Gasteiger partial charge in [-0.1, -0.05) is 237 Å².